The molecule has 0 bridgehead atoms. The van der Waals surface area contributed by atoms with Crippen molar-refractivity contribution in [1.82, 2.24) is 9.97 Å². The lowest BCUT2D eigenvalue weighted by Gasteiger charge is -2.07. The third-order valence-corrected chi connectivity index (χ3v) is 3.63. The second kappa shape index (κ2) is 5.01. The maximum Gasteiger partial charge on any atom is 0.263 e. The van der Waals surface area contributed by atoms with Crippen molar-refractivity contribution < 1.29 is 8.42 Å². The van der Waals surface area contributed by atoms with Gasteiger partial charge in [-0.15, -0.1) is 0 Å². The largest absolute Gasteiger partial charge is 0.388 e. The maximum atomic E-state index is 12.0. The Labute approximate surface area is 105 Å². The molecule has 1 heterocycles. The molecule has 0 saturated heterocycles. The summed E-state index contributed by atoms with van der Waals surface area (Å²) in [7, 11) is -1.85. The van der Waals surface area contributed by atoms with Gasteiger partial charge in [-0.2, -0.15) is 0 Å². The molecule has 0 atom stereocenters. The molecule has 0 fully saturated rings. The maximum absolute atomic E-state index is 12.0. The van der Waals surface area contributed by atoms with Crippen LogP contribution in [0, 0.1) is 0 Å². The molecule has 94 valence electrons. The normalized spacial score (nSPS) is 10.9. The summed E-state index contributed by atoms with van der Waals surface area (Å²) in [5, 5.41) is 2.92. The van der Waals surface area contributed by atoms with E-state index in [9.17, 15) is 8.42 Å². The van der Waals surface area contributed by atoms with Gasteiger partial charge in [-0.1, -0.05) is 0 Å². The van der Waals surface area contributed by atoms with Crippen LogP contribution >= 0.6 is 0 Å². The highest BCUT2D eigenvalue weighted by Gasteiger charge is 2.14. The van der Waals surface area contributed by atoms with Gasteiger partial charge in [0.15, 0.2) is 5.82 Å². The molecule has 6 nitrogen and oxygen atoms in total. The van der Waals surface area contributed by atoms with Gasteiger partial charge >= 0.3 is 0 Å². The van der Waals surface area contributed by atoms with Crippen LogP contribution in [0.15, 0.2) is 47.8 Å². The number of hydrogen-bond donors (Lipinski definition) is 2. The molecule has 2 rings (SSSR count). The minimum atomic E-state index is -3.62. The lowest BCUT2D eigenvalue weighted by molar-refractivity contribution is 0.601. The van der Waals surface area contributed by atoms with Crippen molar-refractivity contribution in [2.24, 2.45) is 0 Å². The van der Waals surface area contributed by atoms with Crippen LogP contribution < -0.4 is 10.0 Å². The zero-order chi connectivity index (χ0) is 13.0. The first-order chi connectivity index (χ1) is 8.62. The Morgan fingerprint density at radius 1 is 1.11 bits per heavy atom. The number of rotatable bonds is 4. The molecule has 0 amide bonds. The molecule has 1 aromatic heterocycles. The van der Waals surface area contributed by atoms with E-state index in [1.807, 2.05) is 0 Å². The van der Waals surface area contributed by atoms with Crippen LogP contribution in [-0.4, -0.2) is 25.4 Å². The number of sulfonamides is 1. The first kappa shape index (κ1) is 12.3. The van der Waals surface area contributed by atoms with Crippen LogP contribution in [0.25, 0.3) is 0 Å². The van der Waals surface area contributed by atoms with Crippen molar-refractivity contribution in [1.29, 1.82) is 0 Å². The third-order valence-electron chi connectivity index (χ3n) is 2.26. The molecule has 0 saturated carbocycles. The van der Waals surface area contributed by atoms with Crippen molar-refractivity contribution >= 4 is 21.5 Å². The SMILES string of the molecule is CNc1ccc(S(=O)(=O)Nc2cnccn2)cc1. The lowest BCUT2D eigenvalue weighted by Crippen LogP contribution is -2.13. The molecule has 2 N–H and O–H groups in total. The van der Waals surface area contributed by atoms with E-state index in [0.717, 1.165) is 5.69 Å². The Hall–Kier alpha value is -2.15. The summed E-state index contributed by atoms with van der Waals surface area (Å²) in [5.74, 6) is 0.190. The van der Waals surface area contributed by atoms with Crippen LogP contribution in [0.2, 0.25) is 0 Å². The molecule has 0 spiro atoms. The molecule has 2 aromatic rings. The molecular formula is C11H12N4O2S. The van der Waals surface area contributed by atoms with Gasteiger partial charge in [0.2, 0.25) is 0 Å². The highest BCUT2D eigenvalue weighted by Crippen LogP contribution is 2.16. The average Bonchev–Trinajstić information content (AvgIpc) is 2.39. The molecule has 0 aliphatic heterocycles. The Kier molecular flexibility index (Phi) is 3.42. The second-order valence-corrected chi connectivity index (χ2v) is 5.15. The minimum Gasteiger partial charge on any atom is -0.388 e. The number of hydrogen-bond acceptors (Lipinski definition) is 5. The van der Waals surface area contributed by atoms with Crippen molar-refractivity contribution in [3.05, 3.63) is 42.9 Å². The van der Waals surface area contributed by atoms with Crippen LogP contribution in [0.3, 0.4) is 0 Å². The molecule has 0 aliphatic rings. The smallest absolute Gasteiger partial charge is 0.263 e. The van der Waals surface area contributed by atoms with Gasteiger partial charge in [-0.05, 0) is 24.3 Å². The van der Waals surface area contributed by atoms with Gasteiger partial charge in [-0.25, -0.2) is 13.4 Å². The van der Waals surface area contributed by atoms with E-state index in [0.29, 0.717) is 0 Å². The van der Waals surface area contributed by atoms with Crippen molar-refractivity contribution in [3.63, 3.8) is 0 Å². The fourth-order valence-corrected chi connectivity index (χ4v) is 2.34. The Morgan fingerprint density at radius 2 is 1.83 bits per heavy atom. The second-order valence-electron chi connectivity index (χ2n) is 3.47. The highest BCUT2D eigenvalue weighted by molar-refractivity contribution is 7.92. The number of aromatic nitrogens is 2. The monoisotopic (exact) mass is 264 g/mol. The molecule has 7 heteroatoms. The van der Waals surface area contributed by atoms with Crippen LogP contribution in [0.1, 0.15) is 0 Å². The summed E-state index contributed by atoms with van der Waals surface area (Å²) in [4.78, 5) is 7.82. The molecule has 0 unspecified atom stereocenters. The van der Waals surface area contributed by atoms with Gasteiger partial charge in [-0.3, -0.25) is 9.71 Å². The topological polar surface area (TPSA) is 84.0 Å². The van der Waals surface area contributed by atoms with Gasteiger partial charge in [0.25, 0.3) is 10.0 Å². The molecular weight excluding hydrogens is 252 g/mol. The van der Waals surface area contributed by atoms with Crippen LogP contribution in [0.5, 0.6) is 0 Å². The fourth-order valence-electron chi connectivity index (χ4n) is 1.35. The van der Waals surface area contributed by atoms with E-state index in [4.69, 9.17) is 0 Å². The van der Waals surface area contributed by atoms with E-state index in [-0.39, 0.29) is 10.7 Å². The van der Waals surface area contributed by atoms with Crippen molar-refractivity contribution in [2.45, 2.75) is 4.90 Å². The van der Waals surface area contributed by atoms with E-state index in [1.54, 1.807) is 19.2 Å². The number of anilines is 2. The summed E-state index contributed by atoms with van der Waals surface area (Å²) in [6, 6.07) is 6.41. The van der Waals surface area contributed by atoms with Crippen LogP contribution in [-0.2, 0) is 10.0 Å². The van der Waals surface area contributed by atoms with Crippen LogP contribution in [0.4, 0.5) is 11.5 Å². The van der Waals surface area contributed by atoms with Gasteiger partial charge in [0.1, 0.15) is 0 Å². The third kappa shape index (κ3) is 2.75. The summed E-state index contributed by atoms with van der Waals surface area (Å²) in [6.07, 6.45) is 4.24. The first-order valence-corrected chi connectivity index (χ1v) is 6.67. The molecule has 18 heavy (non-hydrogen) atoms. The van der Waals surface area contributed by atoms with Gasteiger partial charge < -0.3 is 5.32 Å². The fraction of sp³-hybridized carbons (Fsp3) is 0.0909. The predicted octanol–water partition coefficient (Wildman–Crippen LogP) is 1.32. The predicted molar refractivity (Wildman–Crippen MR) is 68.8 cm³/mol. The van der Waals surface area contributed by atoms with E-state index >= 15 is 0 Å². The summed E-state index contributed by atoms with van der Waals surface area (Å²) in [6.45, 7) is 0. The van der Waals surface area contributed by atoms with E-state index in [1.165, 1.54) is 30.7 Å². The standard InChI is InChI=1S/C11H12N4O2S/c1-12-9-2-4-10(5-3-9)18(16,17)15-11-8-13-6-7-14-11/h2-8,12H,1H3,(H,14,15). The quantitative estimate of drug-likeness (QED) is 0.870. The first-order valence-electron chi connectivity index (χ1n) is 5.18. The Balaban J connectivity index is 2.25. The van der Waals surface area contributed by atoms with Gasteiger partial charge in [0.05, 0.1) is 11.1 Å². The van der Waals surface area contributed by atoms with Crippen molar-refractivity contribution in [2.75, 3.05) is 17.1 Å². The minimum absolute atomic E-state index is 0.173. The van der Waals surface area contributed by atoms with Crippen molar-refractivity contribution in [3.8, 4) is 0 Å². The molecule has 1 aromatic carbocycles. The summed E-state index contributed by atoms with van der Waals surface area (Å²) < 4.78 is 26.4. The summed E-state index contributed by atoms with van der Waals surface area (Å²) in [5.41, 5.74) is 0.841. The lowest BCUT2D eigenvalue weighted by atomic mass is 10.3. The highest BCUT2D eigenvalue weighted by atomic mass is 32.2. The number of nitrogens with one attached hydrogen (secondary N) is 2. The summed E-state index contributed by atoms with van der Waals surface area (Å²) >= 11 is 0. The van der Waals surface area contributed by atoms with E-state index in [2.05, 4.69) is 20.0 Å². The Bertz CT molecular complexity index is 611. The zero-order valence-electron chi connectivity index (χ0n) is 9.66. The molecule has 0 aliphatic carbocycles. The zero-order valence-corrected chi connectivity index (χ0v) is 10.5. The Morgan fingerprint density at radius 3 is 2.39 bits per heavy atom. The number of benzene rings is 1. The number of nitrogens with zero attached hydrogens (tertiary/aromatic N) is 2. The van der Waals surface area contributed by atoms with E-state index < -0.39 is 10.0 Å². The van der Waals surface area contributed by atoms with Gasteiger partial charge in [0, 0.05) is 25.1 Å². The average molecular weight is 264 g/mol. The molecule has 0 radical (unpaired) electrons.